The molecular formula is C14H11N3OS. The molecule has 1 amide bonds. The van der Waals surface area contributed by atoms with Crippen LogP contribution < -0.4 is 4.90 Å². The zero-order valence-electron chi connectivity index (χ0n) is 10.0. The highest BCUT2D eigenvalue weighted by atomic mass is 32.1. The van der Waals surface area contributed by atoms with Crippen molar-refractivity contribution in [2.24, 2.45) is 0 Å². The van der Waals surface area contributed by atoms with Gasteiger partial charge in [0.1, 0.15) is 0 Å². The van der Waals surface area contributed by atoms with Crippen molar-refractivity contribution >= 4 is 24.2 Å². The van der Waals surface area contributed by atoms with Gasteiger partial charge in [-0.2, -0.15) is 0 Å². The molecule has 2 aromatic rings. The van der Waals surface area contributed by atoms with Gasteiger partial charge in [-0.25, -0.2) is 4.98 Å². The van der Waals surface area contributed by atoms with E-state index in [1.165, 1.54) is 11.1 Å². The van der Waals surface area contributed by atoms with E-state index in [-0.39, 0.29) is 12.5 Å². The van der Waals surface area contributed by atoms with Crippen LogP contribution in [-0.2, 0) is 0 Å². The van der Waals surface area contributed by atoms with Crippen LogP contribution in [0.25, 0.3) is 0 Å². The fourth-order valence-corrected chi connectivity index (χ4v) is 1.69. The molecule has 0 aliphatic rings. The van der Waals surface area contributed by atoms with Gasteiger partial charge in [0, 0.05) is 12.4 Å². The molecule has 0 unspecified atom stereocenters. The second-order valence-corrected chi connectivity index (χ2v) is 4.17. The highest BCUT2D eigenvalue weighted by Gasteiger charge is 2.17. The number of carbonyl (C=O) groups is 1. The van der Waals surface area contributed by atoms with E-state index in [2.05, 4.69) is 28.5 Å². The van der Waals surface area contributed by atoms with Gasteiger partial charge in [-0.05, 0) is 24.3 Å². The minimum atomic E-state index is -0.216. The van der Waals surface area contributed by atoms with Crippen LogP contribution in [-0.4, -0.2) is 22.4 Å². The molecule has 4 nitrogen and oxygen atoms in total. The van der Waals surface area contributed by atoms with Gasteiger partial charge in [0.2, 0.25) is 0 Å². The molecule has 0 aliphatic carbocycles. The molecule has 0 saturated heterocycles. The minimum absolute atomic E-state index is 0.174. The molecule has 0 saturated carbocycles. The molecule has 0 fully saturated rings. The molecule has 0 bridgehead atoms. The third-order valence-corrected chi connectivity index (χ3v) is 2.71. The maximum absolute atomic E-state index is 12.4. The normalized spacial score (nSPS) is 9.68. The second kappa shape index (κ2) is 6.03. The Kier molecular flexibility index (Phi) is 4.16. The van der Waals surface area contributed by atoms with Crippen molar-refractivity contribution in [3.63, 3.8) is 0 Å². The van der Waals surface area contributed by atoms with Gasteiger partial charge in [0.05, 0.1) is 29.0 Å². The van der Waals surface area contributed by atoms with E-state index in [0.29, 0.717) is 16.3 Å². The Morgan fingerprint density at radius 3 is 2.79 bits per heavy atom. The van der Waals surface area contributed by atoms with E-state index < -0.39 is 0 Å². The number of aromatic nitrogens is 2. The smallest absolute Gasteiger partial charge is 0.260 e. The van der Waals surface area contributed by atoms with E-state index in [9.17, 15) is 4.79 Å². The third-order valence-electron chi connectivity index (χ3n) is 2.45. The first-order valence-electron chi connectivity index (χ1n) is 5.52. The molecule has 0 atom stereocenters. The summed E-state index contributed by atoms with van der Waals surface area (Å²) in [5, 5.41) is 0.557. The molecule has 5 heteroatoms. The molecule has 0 spiro atoms. The van der Waals surface area contributed by atoms with E-state index >= 15 is 0 Å². The Hall–Kier alpha value is -2.32. The third kappa shape index (κ3) is 3.12. The zero-order valence-corrected chi connectivity index (χ0v) is 10.9. The van der Waals surface area contributed by atoms with Gasteiger partial charge in [0.25, 0.3) is 5.91 Å². The van der Waals surface area contributed by atoms with Gasteiger partial charge < -0.3 is 0 Å². The summed E-state index contributed by atoms with van der Waals surface area (Å²) < 4.78 is 0. The summed E-state index contributed by atoms with van der Waals surface area (Å²) in [6.07, 6.45) is 10.0. The van der Waals surface area contributed by atoms with E-state index in [4.69, 9.17) is 6.42 Å². The number of pyridine rings is 2. The summed E-state index contributed by atoms with van der Waals surface area (Å²) in [6.45, 7) is 0.174. The number of nitrogens with zero attached hydrogens (tertiary/aromatic N) is 3. The van der Waals surface area contributed by atoms with E-state index in [0.717, 1.165) is 0 Å². The van der Waals surface area contributed by atoms with Crippen molar-refractivity contribution in [1.29, 1.82) is 0 Å². The first-order chi connectivity index (χ1) is 9.22. The van der Waals surface area contributed by atoms with Gasteiger partial charge in [0.15, 0.2) is 0 Å². The quantitative estimate of drug-likeness (QED) is 0.685. The topological polar surface area (TPSA) is 46.1 Å². The Labute approximate surface area is 116 Å². The van der Waals surface area contributed by atoms with Gasteiger partial charge in [-0.15, -0.1) is 19.1 Å². The molecule has 0 radical (unpaired) electrons. The van der Waals surface area contributed by atoms with Crippen LogP contribution in [0.4, 0.5) is 5.69 Å². The predicted molar refractivity (Wildman–Crippen MR) is 76.2 cm³/mol. The van der Waals surface area contributed by atoms with Crippen molar-refractivity contribution in [2.45, 2.75) is 5.03 Å². The zero-order chi connectivity index (χ0) is 13.7. The Morgan fingerprint density at radius 1 is 1.37 bits per heavy atom. The molecule has 2 heterocycles. The van der Waals surface area contributed by atoms with Gasteiger partial charge in [-0.1, -0.05) is 5.92 Å². The number of hydrogen-bond acceptors (Lipinski definition) is 4. The first-order valence-corrected chi connectivity index (χ1v) is 5.97. The number of thiol groups is 1. The maximum Gasteiger partial charge on any atom is 0.260 e. The Morgan fingerprint density at radius 2 is 2.21 bits per heavy atom. The molecule has 2 rings (SSSR count). The second-order valence-electron chi connectivity index (χ2n) is 3.71. The number of amides is 1. The van der Waals surface area contributed by atoms with Crippen molar-refractivity contribution in [1.82, 2.24) is 9.97 Å². The number of rotatable bonds is 3. The lowest BCUT2D eigenvalue weighted by molar-refractivity contribution is 0.0989. The van der Waals surface area contributed by atoms with Gasteiger partial charge >= 0.3 is 0 Å². The van der Waals surface area contributed by atoms with Crippen LogP contribution in [0.15, 0.2) is 47.9 Å². The van der Waals surface area contributed by atoms with Crippen molar-refractivity contribution in [3.8, 4) is 12.3 Å². The van der Waals surface area contributed by atoms with E-state index in [1.54, 1.807) is 36.7 Å². The first kappa shape index (κ1) is 13.1. The van der Waals surface area contributed by atoms with Crippen LogP contribution in [0.2, 0.25) is 0 Å². The van der Waals surface area contributed by atoms with Crippen molar-refractivity contribution in [2.75, 3.05) is 11.4 Å². The standard InChI is InChI=1S/C14H11N3OS/c1-2-8-17(12-4-3-7-15-10-12)14(18)11-5-6-13(19)16-9-11/h1,3-7,9-10H,8H2,(H,16,19). The van der Waals surface area contributed by atoms with Crippen LogP contribution in [0, 0.1) is 12.3 Å². The van der Waals surface area contributed by atoms with E-state index in [1.807, 2.05) is 0 Å². The molecule has 0 aromatic carbocycles. The monoisotopic (exact) mass is 269 g/mol. The summed E-state index contributed by atoms with van der Waals surface area (Å²) in [6, 6.07) is 6.86. The highest BCUT2D eigenvalue weighted by molar-refractivity contribution is 7.80. The highest BCUT2D eigenvalue weighted by Crippen LogP contribution is 2.15. The lowest BCUT2D eigenvalue weighted by atomic mass is 10.2. The molecular weight excluding hydrogens is 258 g/mol. The average Bonchev–Trinajstić information content (AvgIpc) is 2.46. The Bertz CT molecular complexity index is 605. The summed E-state index contributed by atoms with van der Waals surface area (Å²) in [7, 11) is 0. The lowest BCUT2D eigenvalue weighted by Crippen LogP contribution is -2.31. The van der Waals surface area contributed by atoms with Crippen LogP contribution in [0.5, 0.6) is 0 Å². The summed E-state index contributed by atoms with van der Waals surface area (Å²) in [4.78, 5) is 21.8. The SMILES string of the molecule is C#CCN(C(=O)c1ccc(S)nc1)c1cccnc1. The van der Waals surface area contributed by atoms with Crippen LogP contribution in [0.1, 0.15) is 10.4 Å². The van der Waals surface area contributed by atoms with Crippen molar-refractivity contribution < 1.29 is 4.79 Å². The number of carbonyl (C=O) groups excluding carboxylic acids is 1. The van der Waals surface area contributed by atoms with Gasteiger partial charge in [-0.3, -0.25) is 14.7 Å². The number of anilines is 1. The fourth-order valence-electron chi connectivity index (χ4n) is 1.55. The molecule has 94 valence electrons. The average molecular weight is 269 g/mol. The predicted octanol–water partition coefficient (Wildman–Crippen LogP) is 2.05. The van der Waals surface area contributed by atoms with Crippen LogP contribution >= 0.6 is 12.6 Å². The molecule has 19 heavy (non-hydrogen) atoms. The number of hydrogen-bond donors (Lipinski definition) is 1. The fraction of sp³-hybridized carbons (Fsp3) is 0.0714. The molecule has 0 aliphatic heterocycles. The number of terminal acetylenes is 1. The minimum Gasteiger partial charge on any atom is -0.295 e. The Balaban J connectivity index is 2.32. The summed E-state index contributed by atoms with van der Waals surface area (Å²) in [5.74, 6) is 2.25. The summed E-state index contributed by atoms with van der Waals surface area (Å²) in [5.41, 5.74) is 1.11. The summed E-state index contributed by atoms with van der Waals surface area (Å²) >= 11 is 4.08. The lowest BCUT2D eigenvalue weighted by Gasteiger charge is -2.19. The molecule has 0 N–H and O–H groups in total. The maximum atomic E-state index is 12.4. The van der Waals surface area contributed by atoms with Crippen LogP contribution in [0.3, 0.4) is 0 Å². The largest absolute Gasteiger partial charge is 0.295 e. The molecule has 2 aromatic heterocycles. The van der Waals surface area contributed by atoms with Crippen molar-refractivity contribution in [3.05, 3.63) is 48.4 Å².